The van der Waals surface area contributed by atoms with Crippen LogP contribution in [-0.4, -0.2) is 36.6 Å². The number of ketones is 1. The minimum Gasteiger partial charge on any atom is -0.299 e. The van der Waals surface area contributed by atoms with Gasteiger partial charge >= 0.3 is 0 Å². The molecule has 1 atom stereocenters. The summed E-state index contributed by atoms with van der Waals surface area (Å²) in [5.41, 5.74) is -1.83. The minimum atomic E-state index is -4.30. The molecule has 1 fully saturated rings. The quantitative estimate of drug-likeness (QED) is 0.555. The molecule has 5 nitrogen and oxygen atoms in total. The van der Waals surface area contributed by atoms with E-state index in [1.807, 2.05) is 0 Å². The Morgan fingerprint density at radius 1 is 0.969 bits per heavy atom. The molecule has 2 aromatic rings. The lowest BCUT2D eigenvalue weighted by atomic mass is 9.77. The van der Waals surface area contributed by atoms with E-state index in [1.54, 1.807) is 36.4 Å². The smallest absolute Gasteiger partial charge is 0.267 e. The van der Waals surface area contributed by atoms with E-state index in [0.717, 1.165) is 19.3 Å². The van der Waals surface area contributed by atoms with Crippen LogP contribution >= 0.6 is 0 Å². The summed E-state index contributed by atoms with van der Waals surface area (Å²) in [6.07, 6.45) is 4.16. The van der Waals surface area contributed by atoms with Crippen LogP contribution in [0.4, 0.5) is 4.39 Å². The van der Waals surface area contributed by atoms with Gasteiger partial charge < -0.3 is 0 Å². The maximum absolute atomic E-state index is 15.3. The Morgan fingerprint density at radius 3 is 2.03 bits per heavy atom. The van der Waals surface area contributed by atoms with Gasteiger partial charge in [-0.2, -0.15) is 0 Å². The summed E-state index contributed by atoms with van der Waals surface area (Å²) in [4.78, 5) is 26.6. The van der Waals surface area contributed by atoms with E-state index in [9.17, 15) is 18.0 Å². The van der Waals surface area contributed by atoms with E-state index in [-0.39, 0.29) is 22.2 Å². The third kappa shape index (κ3) is 5.44. The van der Waals surface area contributed by atoms with Crippen LogP contribution in [-0.2, 0) is 14.8 Å². The van der Waals surface area contributed by atoms with Gasteiger partial charge in [0.25, 0.3) is 15.9 Å². The number of benzene rings is 2. The van der Waals surface area contributed by atoms with Crippen molar-refractivity contribution in [3.8, 4) is 0 Å². The zero-order valence-corrected chi connectivity index (χ0v) is 19.4. The molecule has 0 heterocycles. The third-order valence-corrected chi connectivity index (χ3v) is 7.87. The van der Waals surface area contributed by atoms with Crippen LogP contribution in [0.5, 0.6) is 0 Å². The highest BCUT2D eigenvalue weighted by molar-refractivity contribution is 7.89. The van der Waals surface area contributed by atoms with E-state index in [0.29, 0.717) is 17.1 Å². The van der Waals surface area contributed by atoms with Crippen LogP contribution in [0.1, 0.15) is 56.3 Å². The second kappa shape index (κ2) is 9.94. The van der Waals surface area contributed by atoms with Gasteiger partial charge in [0.1, 0.15) is 11.5 Å². The number of hydrogen-bond acceptors (Lipinski definition) is 4. The number of carbonyl (C=O) groups excluding carboxylic acids is 2. The van der Waals surface area contributed by atoms with Gasteiger partial charge in [0, 0.05) is 11.5 Å². The predicted molar refractivity (Wildman–Crippen MR) is 121 cm³/mol. The van der Waals surface area contributed by atoms with Gasteiger partial charge in [-0.1, -0.05) is 55.7 Å². The first-order valence-electron chi connectivity index (χ1n) is 11.0. The lowest BCUT2D eigenvalue weighted by molar-refractivity contribution is -0.132. The first kappa shape index (κ1) is 24.1. The van der Waals surface area contributed by atoms with E-state index >= 15 is 4.39 Å². The Balaban J connectivity index is 2.03. The van der Waals surface area contributed by atoms with E-state index in [2.05, 4.69) is 0 Å². The minimum absolute atomic E-state index is 0.0789. The number of halogens is 1. The lowest BCUT2D eigenvalue weighted by Gasteiger charge is -2.34. The van der Waals surface area contributed by atoms with Crippen molar-refractivity contribution in [2.45, 2.75) is 56.5 Å². The van der Waals surface area contributed by atoms with Crippen LogP contribution < -0.4 is 0 Å². The number of rotatable bonds is 8. The highest BCUT2D eigenvalue weighted by atomic mass is 32.2. The van der Waals surface area contributed by atoms with Crippen molar-refractivity contribution < 1.29 is 22.4 Å². The summed E-state index contributed by atoms with van der Waals surface area (Å²) in [6.45, 7) is 2.02. The summed E-state index contributed by atoms with van der Waals surface area (Å²) >= 11 is 0. The van der Waals surface area contributed by atoms with E-state index in [1.165, 1.54) is 38.1 Å². The molecule has 32 heavy (non-hydrogen) atoms. The monoisotopic (exact) mass is 459 g/mol. The summed E-state index contributed by atoms with van der Waals surface area (Å²) in [5.74, 6) is -2.64. The fourth-order valence-corrected chi connectivity index (χ4v) is 5.64. The molecule has 1 unspecified atom stereocenters. The third-order valence-electron chi connectivity index (χ3n) is 6.11. The van der Waals surface area contributed by atoms with Gasteiger partial charge in [-0.15, -0.1) is 0 Å². The Kier molecular flexibility index (Phi) is 7.49. The molecular weight excluding hydrogens is 429 g/mol. The number of Topliss-reactive ketones (excluding diaryl/α,β-unsaturated/α-hetero) is 1. The second-order valence-electron chi connectivity index (χ2n) is 8.87. The molecule has 1 amide bonds. The Hall–Kier alpha value is -2.54. The summed E-state index contributed by atoms with van der Waals surface area (Å²) in [7, 11) is -4.30. The first-order valence-corrected chi connectivity index (χ1v) is 12.5. The maximum atomic E-state index is 15.3. The molecule has 3 rings (SSSR count). The molecule has 7 heteroatoms. The van der Waals surface area contributed by atoms with Crippen LogP contribution in [0, 0.1) is 11.8 Å². The zero-order chi connectivity index (χ0) is 23.4. The molecule has 0 bridgehead atoms. The molecule has 0 aliphatic heterocycles. The van der Waals surface area contributed by atoms with Crippen molar-refractivity contribution >= 4 is 21.7 Å². The molecule has 0 N–H and O–H groups in total. The predicted octanol–water partition coefficient (Wildman–Crippen LogP) is 5.03. The topological polar surface area (TPSA) is 71.5 Å². The van der Waals surface area contributed by atoms with Gasteiger partial charge in [0.15, 0.2) is 0 Å². The second-order valence-corrected chi connectivity index (χ2v) is 10.7. The van der Waals surface area contributed by atoms with E-state index < -0.39 is 34.1 Å². The molecule has 0 spiro atoms. The standard InChI is InChI=1S/C25H30FNO4S/c1-25(2,26)22(23(28)19-12-6-3-7-13-19)18-27(24(29)20-14-8-4-9-15-20)32(30,31)21-16-10-5-11-17-21/h4-5,8-11,14-17,19,22H,3,6-7,12-13,18H2,1-2H3. The molecule has 172 valence electrons. The van der Waals surface area contributed by atoms with Crippen molar-refractivity contribution in [2.75, 3.05) is 6.54 Å². The molecule has 1 saturated carbocycles. The van der Waals surface area contributed by atoms with Gasteiger partial charge in [-0.05, 0) is 51.0 Å². The van der Waals surface area contributed by atoms with Crippen molar-refractivity contribution in [1.29, 1.82) is 0 Å². The summed E-state index contributed by atoms with van der Waals surface area (Å²) in [5, 5.41) is 0. The van der Waals surface area contributed by atoms with Crippen molar-refractivity contribution in [2.24, 2.45) is 11.8 Å². The first-order chi connectivity index (χ1) is 15.1. The zero-order valence-electron chi connectivity index (χ0n) is 18.5. The van der Waals surface area contributed by atoms with Crippen molar-refractivity contribution in [1.82, 2.24) is 4.31 Å². The number of sulfonamides is 1. The largest absolute Gasteiger partial charge is 0.299 e. The SMILES string of the molecule is CC(C)(F)C(CN(C(=O)c1ccccc1)S(=O)(=O)c1ccccc1)C(=O)C1CCCCC1. The Morgan fingerprint density at radius 2 is 1.50 bits per heavy atom. The molecular formula is C25H30FNO4S. The number of hydrogen-bond donors (Lipinski definition) is 0. The molecule has 0 radical (unpaired) electrons. The van der Waals surface area contributed by atoms with Crippen LogP contribution in [0.3, 0.4) is 0 Å². The fourth-order valence-electron chi connectivity index (χ4n) is 4.22. The average molecular weight is 460 g/mol. The Labute approximate surface area is 189 Å². The number of amides is 1. The van der Waals surface area contributed by atoms with Crippen molar-refractivity contribution in [3.63, 3.8) is 0 Å². The molecule has 0 aromatic heterocycles. The van der Waals surface area contributed by atoms with Gasteiger partial charge in [-0.25, -0.2) is 17.1 Å². The van der Waals surface area contributed by atoms with Gasteiger partial charge in [-0.3, -0.25) is 9.59 Å². The van der Waals surface area contributed by atoms with E-state index in [4.69, 9.17) is 0 Å². The highest BCUT2D eigenvalue weighted by Crippen LogP contribution is 2.34. The summed E-state index contributed by atoms with van der Waals surface area (Å²) in [6, 6.07) is 15.6. The van der Waals surface area contributed by atoms with Crippen molar-refractivity contribution in [3.05, 3.63) is 66.2 Å². The summed E-state index contributed by atoms with van der Waals surface area (Å²) < 4.78 is 43.0. The molecule has 1 aliphatic rings. The fraction of sp³-hybridized carbons (Fsp3) is 0.440. The van der Waals surface area contributed by atoms with Gasteiger partial charge in [0.2, 0.25) is 0 Å². The van der Waals surface area contributed by atoms with Crippen LogP contribution in [0.25, 0.3) is 0 Å². The number of carbonyl (C=O) groups is 2. The molecule has 0 saturated heterocycles. The average Bonchev–Trinajstić information content (AvgIpc) is 2.79. The molecule has 1 aliphatic carbocycles. The lowest BCUT2D eigenvalue weighted by Crippen LogP contribution is -2.48. The highest BCUT2D eigenvalue weighted by Gasteiger charge is 2.43. The number of alkyl halides is 1. The van der Waals surface area contributed by atoms with Crippen LogP contribution in [0.2, 0.25) is 0 Å². The van der Waals surface area contributed by atoms with Crippen LogP contribution in [0.15, 0.2) is 65.6 Å². The molecule has 2 aromatic carbocycles. The number of nitrogens with zero attached hydrogens (tertiary/aromatic N) is 1. The maximum Gasteiger partial charge on any atom is 0.267 e. The van der Waals surface area contributed by atoms with Gasteiger partial charge in [0.05, 0.1) is 17.4 Å². The normalized spacial score (nSPS) is 16.3. The Bertz CT molecular complexity index is 1030.